The molecule has 3 aliphatic rings. The quantitative estimate of drug-likeness (QED) is 0.386. The summed E-state index contributed by atoms with van der Waals surface area (Å²) in [5.41, 5.74) is -2.01. The molecule has 1 aliphatic carbocycles. The molecule has 2 saturated heterocycles. The summed E-state index contributed by atoms with van der Waals surface area (Å²) in [7, 11) is 0. The van der Waals surface area contributed by atoms with E-state index >= 15 is 0 Å². The van der Waals surface area contributed by atoms with Gasteiger partial charge in [0, 0.05) is 18.8 Å². The van der Waals surface area contributed by atoms with Crippen LogP contribution in [-0.4, -0.2) is 41.5 Å². The number of pyridine rings is 2. The highest BCUT2D eigenvalue weighted by Crippen LogP contribution is 2.57. The lowest BCUT2D eigenvalue weighted by atomic mass is 9.74. The van der Waals surface area contributed by atoms with Crippen molar-refractivity contribution in [2.75, 3.05) is 11.5 Å². The molecule has 8 nitrogen and oxygen atoms in total. The van der Waals surface area contributed by atoms with Crippen LogP contribution in [0.2, 0.25) is 5.15 Å². The Morgan fingerprint density at radius 1 is 1.19 bits per heavy atom. The van der Waals surface area contributed by atoms with E-state index in [2.05, 4.69) is 14.7 Å². The van der Waals surface area contributed by atoms with Crippen molar-refractivity contribution in [2.24, 2.45) is 0 Å². The Morgan fingerprint density at radius 3 is 2.53 bits per heavy atom. The van der Waals surface area contributed by atoms with Crippen LogP contribution < -0.4 is 9.64 Å². The normalized spacial score (nSPS) is 27.1. The van der Waals surface area contributed by atoms with Crippen LogP contribution >= 0.6 is 11.6 Å². The highest BCUT2D eigenvalue weighted by atomic mass is 35.5. The van der Waals surface area contributed by atoms with Gasteiger partial charge < -0.3 is 18.9 Å². The summed E-state index contributed by atoms with van der Waals surface area (Å²) in [6.45, 7) is -0.102. The summed E-state index contributed by atoms with van der Waals surface area (Å²) >= 11 is 6.49. The lowest BCUT2D eigenvalue weighted by molar-refractivity contribution is -0.196. The second kappa shape index (κ2) is 8.38. The molecule has 2 aliphatic heterocycles. The van der Waals surface area contributed by atoms with Crippen LogP contribution in [0, 0.1) is 0 Å². The molecule has 5 rings (SSSR count). The van der Waals surface area contributed by atoms with Crippen LogP contribution in [0.25, 0.3) is 0 Å². The van der Waals surface area contributed by atoms with Crippen molar-refractivity contribution in [3.8, 4) is 5.75 Å². The molecule has 36 heavy (non-hydrogen) atoms. The zero-order valence-electron chi connectivity index (χ0n) is 18.8. The largest absolute Gasteiger partial charge is 0.446 e. The van der Waals surface area contributed by atoms with Crippen molar-refractivity contribution >= 4 is 23.5 Å². The molecular weight excluding hydrogens is 517 g/mol. The van der Waals surface area contributed by atoms with Gasteiger partial charge in [0.05, 0.1) is 23.3 Å². The molecule has 0 unspecified atom stereocenters. The fourth-order valence-corrected chi connectivity index (χ4v) is 5.27. The number of anilines is 1. The smallest absolute Gasteiger partial charge is 0.418 e. The maximum absolute atomic E-state index is 13.3. The standard InChI is InChI=1S/C22H19ClF5N3O5/c1-10-11(2)36-21(35-10)5-4-20(13-3-6-29-16(23)15(13)21)9-33-19(32)31(20)17-14(34-18(24)25)7-12(8-30-17)22(26,27)28/h3,6-8,10-11,18H,4-5,9H2,1-2H3/t10-,11-,20+/m1/s1. The van der Waals surface area contributed by atoms with Gasteiger partial charge in [-0.15, -0.1) is 0 Å². The van der Waals surface area contributed by atoms with Gasteiger partial charge in [0.25, 0.3) is 0 Å². The maximum atomic E-state index is 13.3. The Kier molecular flexibility index (Phi) is 5.80. The van der Waals surface area contributed by atoms with E-state index in [1.165, 1.54) is 6.20 Å². The number of aromatic nitrogens is 2. The SMILES string of the molecule is C[C@H]1OC2(CC[C@]3(COC(=O)N3c3ncc(C(F)(F)F)cc3OC(F)F)c3ccnc(Cl)c32)O[C@@H]1C. The van der Waals surface area contributed by atoms with E-state index in [4.69, 9.17) is 25.8 Å². The van der Waals surface area contributed by atoms with Crippen molar-refractivity contribution in [1.29, 1.82) is 0 Å². The second-order valence-electron chi connectivity index (χ2n) is 8.77. The summed E-state index contributed by atoms with van der Waals surface area (Å²) in [4.78, 5) is 21.7. The number of fused-ring (bicyclic) bond motifs is 3. The highest BCUT2D eigenvalue weighted by Gasteiger charge is 2.61. The Balaban J connectivity index is 1.69. The number of nitrogens with zero attached hydrogens (tertiary/aromatic N) is 3. The van der Waals surface area contributed by atoms with E-state index < -0.39 is 47.3 Å². The average Bonchev–Trinajstić information content (AvgIpc) is 3.27. The summed E-state index contributed by atoms with van der Waals surface area (Å²) in [6, 6.07) is 1.92. The summed E-state index contributed by atoms with van der Waals surface area (Å²) < 4.78 is 88.2. The Labute approximate surface area is 206 Å². The number of carbonyl (C=O) groups excluding carboxylic acids is 1. The molecule has 0 N–H and O–H groups in total. The summed E-state index contributed by atoms with van der Waals surface area (Å²) in [6.07, 6.45) is -4.42. The number of halogens is 6. The van der Waals surface area contributed by atoms with Crippen molar-refractivity contribution in [3.05, 3.63) is 46.4 Å². The maximum Gasteiger partial charge on any atom is 0.418 e. The number of alkyl halides is 5. The van der Waals surface area contributed by atoms with Gasteiger partial charge in [0.2, 0.25) is 0 Å². The lowest BCUT2D eigenvalue weighted by Gasteiger charge is -2.45. The Bertz CT molecular complexity index is 1210. The van der Waals surface area contributed by atoms with Crippen molar-refractivity contribution in [2.45, 2.75) is 63.0 Å². The molecule has 2 aromatic rings. The lowest BCUT2D eigenvalue weighted by Crippen LogP contribution is -2.52. The van der Waals surface area contributed by atoms with Crippen LogP contribution in [0.5, 0.6) is 5.75 Å². The number of carbonyl (C=O) groups is 1. The molecule has 0 aromatic carbocycles. The molecule has 2 fully saturated rings. The number of ether oxygens (including phenoxy) is 4. The second-order valence-corrected chi connectivity index (χ2v) is 9.12. The zero-order chi connectivity index (χ0) is 26.0. The zero-order valence-corrected chi connectivity index (χ0v) is 19.6. The van der Waals surface area contributed by atoms with Crippen LogP contribution in [-0.2, 0) is 31.7 Å². The third-order valence-electron chi connectivity index (χ3n) is 6.70. The number of cyclic esters (lactones) is 1. The molecule has 2 aromatic heterocycles. The summed E-state index contributed by atoms with van der Waals surface area (Å²) in [5, 5.41) is 0.0246. The first-order valence-electron chi connectivity index (χ1n) is 10.9. The van der Waals surface area contributed by atoms with Gasteiger partial charge in [-0.3, -0.25) is 0 Å². The topological polar surface area (TPSA) is 83.0 Å². The molecule has 14 heteroatoms. The number of hydrogen-bond donors (Lipinski definition) is 0. The molecule has 194 valence electrons. The van der Waals surface area contributed by atoms with E-state index in [0.29, 0.717) is 23.4 Å². The first kappa shape index (κ1) is 24.9. The van der Waals surface area contributed by atoms with Gasteiger partial charge in [-0.25, -0.2) is 19.7 Å². The minimum atomic E-state index is -4.89. The van der Waals surface area contributed by atoms with Gasteiger partial charge in [-0.1, -0.05) is 11.6 Å². The summed E-state index contributed by atoms with van der Waals surface area (Å²) in [5.74, 6) is -2.79. The van der Waals surface area contributed by atoms with E-state index in [1.54, 1.807) is 6.07 Å². The predicted octanol–water partition coefficient (Wildman–Crippen LogP) is 5.37. The van der Waals surface area contributed by atoms with Crippen LogP contribution in [0.4, 0.5) is 32.6 Å². The molecule has 0 radical (unpaired) electrons. The number of amides is 1. The minimum absolute atomic E-state index is 0.0246. The molecule has 4 heterocycles. The first-order valence-corrected chi connectivity index (χ1v) is 11.3. The van der Waals surface area contributed by atoms with E-state index in [-0.39, 0.29) is 36.8 Å². The molecule has 0 saturated carbocycles. The monoisotopic (exact) mass is 535 g/mol. The average molecular weight is 536 g/mol. The number of rotatable bonds is 3. The fraction of sp³-hybridized carbons (Fsp3) is 0.500. The minimum Gasteiger partial charge on any atom is -0.446 e. The fourth-order valence-electron chi connectivity index (χ4n) is 4.97. The van der Waals surface area contributed by atoms with E-state index in [0.717, 1.165) is 4.90 Å². The van der Waals surface area contributed by atoms with Crippen molar-refractivity contribution in [3.63, 3.8) is 0 Å². The molecular formula is C22H19ClF5N3O5. The van der Waals surface area contributed by atoms with E-state index in [1.807, 2.05) is 13.8 Å². The Hall–Kier alpha value is -2.77. The van der Waals surface area contributed by atoms with Gasteiger partial charge >= 0.3 is 18.9 Å². The van der Waals surface area contributed by atoms with Crippen LogP contribution in [0.1, 0.15) is 43.4 Å². The molecule has 2 spiro atoms. The van der Waals surface area contributed by atoms with Gasteiger partial charge in [0.15, 0.2) is 17.4 Å². The van der Waals surface area contributed by atoms with Gasteiger partial charge in [-0.05, 0) is 38.0 Å². The third-order valence-corrected chi connectivity index (χ3v) is 6.99. The molecule has 0 bridgehead atoms. The Morgan fingerprint density at radius 2 is 1.89 bits per heavy atom. The van der Waals surface area contributed by atoms with Crippen molar-refractivity contribution < 1.29 is 45.7 Å². The van der Waals surface area contributed by atoms with Crippen LogP contribution in [0.15, 0.2) is 24.5 Å². The third kappa shape index (κ3) is 3.75. The van der Waals surface area contributed by atoms with Crippen LogP contribution in [0.3, 0.4) is 0 Å². The van der Waals surface area contributed by atoms with Gasteiger partial charge in [0.1, 0.15) is 17.3 Å². The molecule has 1 amide bonds. The van der Waals surface area contributed by atoms with E-state index in [9.17, 15) is 26.7 Å². The number of hydrogen-bond acceptors (Lipinski definition) is 7. The highest BCUT2D eigenvalue weighted by molar-refractivity contribution is 6.30. The first-order chi connectivity index (χ1) is 16.9. The molecule has 3 atom stereocenters. The van der Waals surface area contributed by atoms with Crippen molar-refractivity contribution in [1.82, 2.24) is 9.97 Å². The predicted molar refractivity (Wildman–Crippen MR) is 113 cm³/mol. The van der Waals surface area contributed by atoms with Gasteiger partial charge in [-0.2, -0.15) is 22.0 Å².